The Labute approximate surface area is 118 Å². The average molecular weight is 330 g/mol. The highest BCUT2D eigenvalue weighted by Gasteiger charge is 2.35. The summed E-state index contributed by atoms with van der Waals surface area (Å²) in [5.74, 6) is 0. The second-order valence-electron chi connectivity index (χ2n) is 3.45. The van der Waals surface area contributed by atoms with Crippen molar-refractivity contribution >= 4 is 39.4 Å². The summed E-state index contributed by atoms with van der Waals surface area (Å²) >= 11 is 7.31. The van der Waals surface area contributed by atoms with Gasteiger partial charge in [-0.2, -0.15) is 13.2 Å². The van der Waals surface area contributed by atoms with Crippen molar-refractivity contribution < 1.29 is 18.3 Å². The number of anilines is 1. The van der Waals surface area contributed by atoms with E-state index in [9.17, 15) is 18.3 Å². The van der Waals surface area contributed by atoms with E-state index in [0.29, 0.717) is 20.6 Å². The fourth-order valence-corrected chi connectivity index (χ4v) is 2.87. The lowest BCUT2D eigenvalue weighted by atomic mass is 10.3. The molecule has 2 N–H and O–H groups in total. The molecule has 4 nitrogen and oxygen atoms in total. The summed E-state index contributed by atoms with van der Waals surface area (Å²) in [6, 6.07) is 3.29. The average Bonchev–Trinajstić information content (AvgIpc) is 2.93. The first-order chi connectivity index (χ1) is 8.86. The molecule has 0 fully saturated rings. The van der Waals surface area contributed by atoms with Crippen LogP contribution in [0.3, 0.4) is 0 Å². The summed E-state index contributed by atoms with van der Waals surface area (Å²) in [5, 5.41) is 17.8. The molecule has 2 aromatic heterocycles. The monoisotopic (exact) mass is 329 g/mol. The highest BCUT2D eigenvalue weighted by Crippen LogP contribution is 2.33. The number of aliphatic hydroxyl groups is 1. The highest BCUT2D eigenvalue weighted by atomic mass is 35.5. The van der Waals surface area contributed by atoms with E-state index in [2.05, 4.69) is 15.5 Å². The number of aliphatic hydroxyl groups excluding tert-OH is 1. The molecule has 2 aromatic rings. The van der Waals surface area contributed by atoms with Crippen molar-refractivity contribution in [1.82, 2.24) is 10.2 Å². The topological polar surface area (TPSA) is 58.0 Å². The summed E-state index contributed by atoms with van der Waals surface area (Å²) in [5.41, 5.74) is 0. The molecule has 0 aliphatic carbocycles. The minimum absolute atomic E-state index is 0.00836. The van der Waals surface area contributed by atoms with Crippen molar-refractivity contribution in [1.29, 1.82) is 0 Å². The molecule has 19 heavy (non-hydrogen) atoms. The second-order valence-corrected chi connectivity index (χ2v) is 6.17. The predicted molar refractivity (Wildman–Crippen MR) is 67.7 cm³/mol. The SMILES string of the molecule is OC(CNc1nnc(C(F)(F)F)s1)c1ccc(Cl)s1. The Hall–Kier alpha value is -0.900. The molecule has 0 aromatic carbocycles. The molecule has 0 bridgehead atoms. The van der Waals surface area contributed by atoms with Crippen LogP contribution in [0.5, 0.6) is 0 Å². The van der Waals surface area contributed by atoms with Crippen molar-refractivity contribution in [2.75, 3.05) is 11.9 Å². The van der Waals surface area contributed by atoms with Crippen LogP contribution in [0, 0.1) is 0 Å². The standard InChI is InChI=1S/C9H7ClF3N3OS2/c10-6-2-1-5(18-6)4(17)3-14-8-16-15-7(19-8)9(11,12)13/h1-2,4,17H,3H2,(H,14,16). The molecule has 1 unspecified atom stereocenters. The quantitative estimate of drug-likeness (QED) is 0.902. The fourth-order valence-electron chi connectivity index (χ4n) is 1.20. The van der Waals surface area contributed by atoms with Gasteiger partial charge in [0.15, 0.2) is 0 Å². The molecular weight excluding hydrogens is 323 g/mol. The number of alkyl halides is 3. The van der Waals surface area contributed by atoms with Crippen LogP contribution in [-0.4, -0.2) is 21.8 Å². The van der Waals surface area contributed by atoms with Gasteiger partial charge in [0.1, 0.15) is 6.10 Å². The van der Waals surface area contributed by atoms with Gasteiger partial charge in [-0.25, -0.2) is 0 Å². The van der Waals surface area contributed by atoms with E-state index < -0.39 is 17.3 Å². The van der Waals surface area contributed by atoms with Crippen LogP contribution in [0.2, 0.25) is 4.34 Å². The molecule has 0 spiro atoms. The second kappa shape index (κ2) is 5.61. The first-order valence-electron chi connectivity index (χ1n) is 4.94. The normalized spacial score (nSPS) is 13.5. The van der Waals surface area contributed by atoms with Crippen LogP contribution >= 0.6 is 34.3 Å². The highest BCUT2D eigenvalue weighted by molar-refractivity contribution is 7.16. The van der Waals surface area contributed by atoms with Gasteiger partial charge in [0.2, 0.25) is 10.1 Å². The molecule has 0 saturated heterocycles. The Kier molecular flexibility index (Phi) is 4.29. The van der Waals surface area contributed by atoms with Crippen molar-refractivity contribution in [2.45, 2.75) is 12.3 Å². The summed E-state index contributed by atoms with van der Waals surface area (Å²) in [6.45, 7) is 0.0311. The smallest absolute Gasteiger partial charge is 0.386 e. The van der Waals surface area contributed by atoms with Gasteiger partial charge in [-0.05, 0) is 12.1 Å². The van der Waals surface area contributed by atoms with Crippen molar-refractivity contribution in [3.05, 3.63) is 26.4 Å². The molecule has 0 saturated carbocycles. The third kappa shape index (κ3) is 3.78. The van der Waals surface area contributed by atoms with E-state index in [-0.39, 0.29) is 11.7 Å². The molecule has 0 amide bonds. The lowest BCUT2D eigenvalue weighted by Crippen LogP contribution is -2.10. The predicted octanol–water partition coefficient (Wildman–Crippen LogP) is 3.42. The van der Waals surface area contributed by atoms with Gasteiger partial charge in [0, 0.05) is 11.4 Å². The maximum absolute atomic E-state index is 12.3. The molecular formula is C9H7ClF3N3OS2. The summed E-state index contributed by atoms with van der Waals surface area (Å²) in [6.07, 6.45) is -5.37. The number of hydrogen-bond acceptors (Lipinski definition) is 6. The van der Waals surface area contributed by atoms with Gasteiger partial charge in [-0.1, -0.05) is 22.9 Å². The van der Waals surface area contributed by atoms with Gasteiger partial charge in [0.05, 0.1) is 4.34 Å². The lowest BCUT2D eigenvalue weighted by molar-refractivity contribution is -0.138. The van der Waals surface area contributed by atoms with Crippen molar-refractivity contribution in [3.63, 3.8) is 0 Å². The van der Waals surface area contributed by atoms with Gasteiger partial charge < -0.3 is 10.4 Å². The maximum Gasteiger partial charge on any atom is 0.445 e. The number of thiophene rings is 1. The van der Waals surface area contributed by atoms with Gasteiger partial charge in [-0.3, -0.25) is 0 Å². The number of aromatic nitrogens is 2. The number of hydrogen-bond donors (Lipinski definition) is 2. The largest absolute Gasteiger partial charge is 0.445 e. The van der Waals surface area contributed by atoms with Crippen molar-refractivity contribution in [3.8, 4) is 0 Å². The van der Waals surface area contributed by atoms with Crippen molar-refractivity contribution in [2.24, 2.45) is 0 Å². The van der Waals surface area contributed by atoms with E-state index >= 15 is 0 Å². The van der Waals surface area contributed by atoms with Gasteiger partial charge >= 0.3 is 6.18 Å². The molecule has 2 heterocycles. The van der Waals surface area contributed by atoms with Crippen LogP contribution in [0.4, 0.5) is 18.3 Å². The molecule has 0 aliphatic rings. The molecule has 1 atom stereocenters. The van der Waals surface area contributed by atoms with E-state index in [1.807, 2.05) is 0 Å². The lowest BCUT2D eigenvalue weighted by Gasteiger charge is -2.08. The number of nitrogens with one attached hydrogen (secondary N) is 1. The first kappa shape index (κ1) is 14.5. The zero-order valence-corrected chi connectivity index (χ0v) is 11.5. The van der Waals surface area contributed by atoms with Crippen LogP contribution in [0.25, 0.3) is 0 Å². The first-order valence-corrected chi connectivity index (χ1v) is 6.95. The Morgan fingerprint density at radius 3 is 2.58 bits per heavy atom. The molecule has 2 rings (SSSR count). The van der Waals surface area contributed by atoms with Crippen LogP contribution in [0.1, 0.15) is 16.0 Å². The number of rotatable bonds is 4. The third-order valence-electron chi connectivity index (χ3n) is 2.04. The van der Waals surface area contributed by atoms with Crippen LogP contribution in [-0.2, 0) is 6.18 Å². The Bertz CT molecular complexity index is 557. The minimum Gasteiger partial charge on any atom is -0.386 e. The summed E-state index contributed by atoms with van der Waals surface area (Å²) in [4.78, 5) is 0.623. The molecule has 0 radical (unpaired) electrons. The van der Waals surface area contributed by atoms with E-state index in [4.69, 9.17) is 11.6 Å². The zero-order valence-electron chi connectivity index (χ0n) is 9.11. The molecule has 104 valence electrons. The minimum atomic E-state index is -4.50. The Morgan fingerprint density at radius 2 is 2.05 bits per heavy atom. The van der Waals surface area contributed by atoms with E-state index in [0.717, 1.165) is 0 Å². The molecule has 10 heteroatoms. The van der Waals surface area contributed by atoms with Crippen LogP contribution in [0.15, 0.2) is 12.1 Å². The fraction of sp³-hybridized carbons (Fsp3) is 0.333. The van der Waals surface area contributed by atoms with E-state index in [1.54, 1.807) is 12.1 Å². The molecule has 0 aliphatic heterocycles. The number of nitrogens with zero attached hydrogens (tertiary/aromatic N) is 2. The maximum atomic E-state index is 12.3. The zero-order chi connectivity index (χ0) is 14.0. The Balaban J connectivity index is 1.94. The summed E-state index contributed by atoms with van der Waals surface area (Å²) < 4.78 is 37.4. The van der Waals surface area contributed by atoms with Gasteiger partial charge in [-0.15, -0.1) is 21.5 Å². The third-order valence-corrected chi connectivity index (χ3v) is 4.29. The summed E-state index contributed by atoms with van der Waals surface area (Å²) in [7, 11) is 0. The van der Waals surface area contributed by atoms with Crippen LogP contribution < -0.4 is 5.32 Å². The Morgan fingerprint density at radius 1 is 1.32 bits per heavy atom. The number of halogens is 4. The van der Waals surface area contributed by atoms with Gasteiger partial charge in [0.25, 0.3) is 0 Å². The van der Waals surface area contributed by atoms with E-state index in [1.165, 1.54) is 11.3 Å².